The number of carbonyl (C=O) groups excluding carboxylic acids is 1. The minimum absolute atomic E-state index is 0.197. The van der Waals surface area contributed by atoms with Gasteiger partial charge in [0.25, 0.3) is 0 Å². The van der Waals surface area contributed by atoms with Gasteiger partial charge in [-0.2, -0.15) is 0 Å². The van der Waals surface area contributed by atoms with E-state index < -0.39 is 0 Å². The molecule has 5 rings (SSSR count). The first-order valence-electron chi connectivity index (χ1n) is 12.9. The van der Waals surface area contributed by atoms with E-state index in [9.17, 15) is 4.79 Å². The maximum absolute atomic E-state index is 12.7. The largest absolute Gasteiger partial charge is 0.462 e. The van der Waals surface area contributed by atoms with E-state index in [0.717, 1.165) is 41.6 Å². The summed E-state index contributed by atoms with van der Waals surface area (Å²) in [5.74, 6) is -0.338. The number of thiocarbonyl (C=S) groups is 1. The van der Waals surface area contributed by atoms with Crippen molar-refractivity contribution in [1.29, 1.82) is 0 Å². The van der Waals surface area contributed by atoms with Crippen molar-refractivity contribution in [3.8, 4) is 10.4 Å². The fourth-order valence-electron chi connectivity index (χ4n) is 4.83. The van der Waals surface area contributed by atoms with E-state index in [1.807, 2.05) is 43.3 Å². The van der Waals surface area contributed by atoms with Crippen LogP contribution in [-0.4, -0.2) is 53.7 Å². The Morgan fingerprint density at radius 2 is 1.45 bits per heavy atom. The molecule has 3 aromatic carbocycles. The van der Waals surface area contributed by atoms with Crippen LogP contribution in [0.4, 0.5) is 5.00 Å². The molecule has 5 nitrogen and oxygen atoms in total. The number of carbonyl (C=O) groups is 1. The molecular weight excluding hydrogens is 510 g/mol. The molecule has 0 aliphatic carbocycles. The highest BCUT2D eigenvalue weighted by molar-refractivity contribution is 7.80. The molecular formula is C31H31N3O2S2. The van der Waals surface area contributed by atoms with Crippen molar-refractivity contribution in [3.63, 3.8) is 0 Å². The number of benzene rings is 3. The molecule has 0 saturated carbocycles. The normalized spacial score (nSPS) is 13.9. The summed E-state index contributed by atoms with van der Waals surface area (Å²) in [6, 6.07) is 33.5. The van der Waals surface area contributed by atoms with Crippen LogP contribution in [0.2, 0.25) is 0 Å². The number of hydrogen-bond donors (Lipinski definition) is 1. The Hall–Kier alpha value is -3.52. The minimum Gasteiger partial charge on any atom is -0.462 e. The first-order valence-corrected chi connectivity index (χ1v) is 14.1. The van der Waals surface area contributed by atoms with Crippen molar-refractivity contribution in [3.05, 3.63) is 114 Å². The van der Waals surface area contributed by atoms with Crippen molar-refractivity contribution in [2.75, 3.05) is 38.1 Å². The van der Waals surface area contributed by atoms with Crippen LogP contribution in [0.5, 0.6) is 0 Å². The van der Waals surface area contributed by atoms with E-state index in [1.54, 1.807) is 0 Å². The third-order valence-electron chi connectivity index (χ3n) is 6.70. The molecule has 2 heterocycles. The number of piperazine rings is 1. The average Bonchev–Trinajstić information content (AvgIpc) is 3.39. The zero-order valence-electron chi connectivity index (χ0n) is 21.4. The summed E-state index contributed by atoms with van der Waals surface area (Å²) in [6.07, 6.45) is 0. The van der Waals surface area contributed by atoms with Gasteiger partial charge in [-0.25, -0.2) is 4.79 Å². The van der Waals surface area contributed by atoms with E-state index >= 15 is 0 Å². The van der Waals surface area contributed by atoms with Crippen molar-refractivity contribution < 1.29 is 9.53 Å². The summed E-state index contributed by atoms with van der Waals surface area (Å²) in [4.78, 5) is 18.4. The van der Waals surface area contributed by atoms with Crippen molar-refractivity contribution in [2.24, 2.45) is 0 Å². The van der Waals surface area contributed by atoms with Gasteiger partial charge in [-0.05, 0) is 41.9 Å². The van der Waals surface area contributed by atoms with Crippen LogP contribution in [-0.2, 0) is 4.74 Å². The zero-order valence-corrected chi connectivity index (χ0v) is 23.0. The lowest BCUT2D eigenvalue weighted by Gasteiger charge is -2.40. The minimum atomic E-state index is -0.338. The van der Waals surface area contributed by atoms with Crippen LogP contribution in [0.25, 0.3) is 10.4 Å². The van der Waals surface area contributed by atoms with Gasteiger partial charge in [0.1, 0.15) is 5.00 Å². The van der Waals surface area contributed by atoms with Crippen LogP contribution in [0, 0.1) is 0 Å². The average molecular weight is 542 g/mol. The zero-order chi connectivity index (χ0) is 26.3. The van der Waals surface area contributed by atoms with Crippen molar-refractivity contribution in [1.82, 2.24) is 9.80 Å². The van der Waals surface area contributed by atoms with E-state index in [4.69, 9.17) is 17.0 Å². The highest BCUT2D eigenvalue weighted by Crippen LogP contribution is 2.36. The molecule has 194 valence electrons. The molecule has 0 radical (unpaired) electrons. The Bertz CT molecular complexity index is 1310. The number of thiophene rings is 1. The summed E-state index contributed by atoms with van der Waals surface area (Å²) in [7, 11) is 0. The van der Waals surface area contributed by atoms with Crippen LogP contribution in [0.1, 0.15) is 34.5 Å². The predicted molar refractivity (Wildman–Crippen MR) is 160 cm³/mol. The molecule has 0 spiro atoms. The monoisotopic (exact) mass is 541 g/mol. The lowest BCUT2D eigenvalue weighted by atomic mass is 9.96. The Kier molecular flexibility index (Phi) is 8.48. The SMILES string of the molecule is CCOC(=O)c1cc(-c2ccccc2)sc1NC(=S)N1CCN(C(c2ccccc2)c2ccccc2)CC1. The number of anilines is 1. The van der Waals surface area contributed by atoms with E-state index in [-0.39, 0.29) is 12.0 Å². The Labute approximate surface area is 233 Å². The summed E-state index contributed by atoms with van der Waals surface area (Å²) in [5, 5.41) is 4.73. The fraction of sp³-hybridized carbons (Fsp3) is 0.226. The molecule has 0 amide bonds. The number of esters is 1. The second-order valence-corrected chi connectivity index (χ2v) is 10.6. The molecule has 0 bridgehead atoms. The first-order chi connectivity index (χ1) is 18.6. The van der Waals surface area contributed by atoms with Gasteiger partial charge in [-0.3, -0.25) is 4.90 Å². The number of nitrogens with one attached hydrogen (secondary N) is 1. The second kappa shape index (κ2) is 12.3. The highest BCUT2D eigenvalue weighted by atomic mass is 32.1. The second-order valence-electron chi connectivity index (χ2n) is 9.12. The van der Waals surface area contributed by atoms with E-state index in [2.05, 4.69) is 75.8 Å². The molecule has 1 aliphatic rings. The lowest BCUT2D eigenvalue weighted by molar-refractivity contribution is 0.0528. The molecule has 4 aromatic rings. The van der Waals surface area contributed by atoms with Gasteiger partial charge in [0.2, 0.25) is 0 Å². The molecule has 1 fully saturated rings. The molecule has 0 atom stereocenters. The topological polar surface area (TPSA) is 44.8 Å². The first kappa shape index (κ1) is 26.1. The van der Waals surface area contributed by atoms with Crippen LogP contribution < -0.4 is 5.32 Å². The molecule has 1 aliphatic heterocycles. The van der Waals surface area contributed by atoms with Gasteiger partial charge in [-0.1, -0.05) is 91.0 Å². The number of nitrogens with zero attached hydrogens (tertiary/aromatic N) is 2. The van der Waals surface area contributed by atoms with E-state index in [0.29, 0.717) is 17.3 Å². The number of ether oxygens (including phenoxy) is 1. The lowest BCUT2D eigenvalue weighted by Crippen LogP contribution is -2.51. The third kappa shape index (κ3) is 5.96. The van der Waals surface area contributed by atoms with Crippen LogP contribution >= 0.6 is 23.6 Å². The van der Waals surface area contributed by atoms with Gasteiger partial charge in [0.15, 0.2) is 5.11 Å². The Balaban J connectivity index is 1.30. The quantitative estimate of drug-likeness (QED) is 0.208. The van der Waals surface area contributed by atoms with Gasteiger partial charge in [-0.15, -0.1) is 11.3 Å². The highest BCUT2D eigenvalue weighted by Gasteiger charge is 2.28. The maximum Gasteiger partial charge on any atom is 0.341 e. The van der Waals surface area contributed by atoms with Crippen LogP contribution in [0.3, 0.4) is 0 Å². The smallest absolute Gasteiger partial charge is 0.341 e. The van der Waals surface area contributed by atoms with Crippen molar-refractivity contribution in [2.45, 2.75) is 13.0 Å². The Morgan fingerprint density at radius 3 is 2.00 bits per heavy atom. The standard InChI is InChI=1S/C31H31N3O2S2/c1-2-36-30(35)26-22-27(23-12-6-3-7-13-23)38-29(26)32-31(37)34-20-18-33(19-21-34)28(24-14-8-4-9-15-24)25-16-10-5-11-17-25/h3-17,22,28H,2,18-21H2,1H3,(H,32,37). The third-order valence-corrected chi connectivity index (χ3v) is 8.16. The summed E-state index contributed by atoms with van der Waals surface area (Å²) < 4.78 is 5.33. The molecule has 7 heteroatoms. The van der Waals surface area contributed by atoms with Gasteiger partial charge >= 0.3 is 5.97 Å². The molecule has 1 saturated heterocycles. The summed E-state index contributed by atoms with van der Waals surface area (Å²) in [6.45, 7) is 5.49. The molecule has 38 heavy (non-hydrogen) atoms. The van der Waals surface area contributed by atoms with Crippen molar-refractivity contribution >= 4 is 39.6 Å². The summed E-state index contributed by atoms with van der Waals surface area (Å²) >= 11 is 7.36. The Morgan fingerprint density at radius 1 is 0.895 bits per heavy atom. The number of rotatable bonds is 7. The van der Waals surface area contributed by atoms with E-state index in [1.165, 1.54) is 22.5 Å². The number of hydrogen-bond acceptors (Lipinski definition) is 5. The van der Waals surface area contributed by atoms with Gasteiger partial charge in [0.05, 0.1) is 18.2 Å². The van der Waals surface area contributed by atoms with Crippen LogP contribution in [0.15, 0.2) is 97.1 Å². The molecule has 1 N–H and O–H groups in total. The fourth-order valence-corrected chi connectivity index (χ4v) is 6.23. The van der Waals surface area contributed by atoms with Gasteiger partial charge in [0, 0.05) is 31.1 Å². The predicted octanol–water partition coefficient (Wildman–Crippen LogP) is 6.70. The maximum atomic E-state index is 12.7. The van der Waals surface area contributed by atoms with Gasteiger partial charge < -0.3 is 15.0 Å². The summed E-state index contributed by atoms with van der Waals surface area (Å²) in [5.41, 5.74) is 4.16. The molecule has 1 aromatic heterocycles. The molecule has 0 unspecified atom stereocenters.